The minimum Gasteiger partial charge on any atom is -0.337 e. The molecule has 1 aliphatic heterocycles. The van der Waals surface area contributed by atoms with E-state index in [1.165, 1.54) is 0 Å². The number of carbonyl (C=O) groups is 1. The average molecular weight is 357 g/mol. The minimum atomic E-state index is -0.400. The molecule has 0 radical (unpaired) electrons. The van der Waals surface area contributed by atoms with Gasteiger partial charge in [-0.1, -0.05) is 30.2 Å². The molecule has 0 atom stereocenters. The Bertz CT molecular complexity index is 882. The molecule has 5 heteroatoms. The van der Waals surface area contributed by atoms with Gasteiger partial charge in [0, 0.05) is 37.4 Å². The molecule has 2 heterocycles. The molecule has 4 nitrogen and oxygen atoms in total. The number of amides is 1. The van der Waals surface area contributed by atoms with Crippen molar-refractivity contribution < 1.29 is 4.79 Å². The van der Waals surface area contributed by atoms with Crippen LogP contribution >= 0.6 is 11.6 Å². The lowest BCUT2D eigenvalue weighted by Gasteiger charge is -2.45. The van der Waals surface area contributed by atoms with Crippen LogP contribution in [0.15, 0.2) is 41.3 Å². The Labute approximate surface area is 152 Å². The van der Waals surface area contributed by atoms with Crippen LogP contribution in [-0.2, 0) is 30.2 Å². The molecule has 0 bridgehead atoms. The van der Waals surface area contributed by atoms with E-state index < -0.39 is 5.41 Å². The zero-order valence-corrected chi connectivity index (χ0v) is 15.1. The second-order valence-electron chi connectivity index (χ2n) is 7.19. The summed E-state index contributed by atoms with van der Waals surface area (Å²) >= 11 is 6.01. The molecule has 1 amide bonds. The molecule has 0 spiro atoms. The van der Waals surface area contributed by atoms with Crippen molar-refractivity contribution in [1.29, 1.82) is 0 Å². The number of benzene rings is 1. The third-order valence-corrected chi connectivity index (χ3v) is 5.97. The van der Waals surface area contributed by atoms with Crippen LogP contribution in [0.2, 0.25) is 5.02 Å². The fraction of sp³-hybridized carbons (Fsp3) is 0.400. The van der Waals surface area contributed by atoms with Crippen LogP contribution in [0.25, 0.3) is 0 Å². The van der Waals surface area contributed by atoms with Gasteiger partial charge >= 0.3 is 0 Å². The Morgan fingerprint density at radius 2 is 1.88 bits per heavy atom. The number of hydrogen-bond acceptors (Lipinski definition) is 2. The summed E-state index contributed by atoms with van der Waals surface area (Å²) in [5, 5.41) is 0.693. The summed E-state index contributed by atoms with van der Waals surface area (Å²) in [6, 6.07) is 9.41. The standard InChI is InChI=1S/C20H21ClN2O2/c1-22-12-15-13-23(10-7-14(15)11-18(22)24)19(25)20(8-2-9-20)16-3-5-17(21)6-4-16/h3-6,11-12H,2,7-10,13H2,1H3. The number of aromatic nitrogens is 1. The summed E-state index contributed by atoms with van der Waals surface area (Å²) in [4.78, 5) is 27.1. The van der Waals surface area contributed by atoms with Crippen molar-refractivity contribution in [1.82, 2.24) is 9.47 Å². The number of hydrogen-bond donors (Lipinski definition) is 0. The lowest BCUT2D eigenvalue weighted by Crippen LogP contribution is -2.52. The van der Waals surface area contributed by atoms with Crippen molar-refractivity contribution in [2.24, 2.45) is 7.05 Å². The van der Waals surface area contributed by atoms with E-state index in [0.717, 1.165) is 42.4 Å². The van der Waals surface area contributed by atoms with Gasteiger partial charge in [0.1, 0.15) is 0 Å². The Balaban J connectivity index is 1.63. The van der Waals surface area contributed by atoms with Gasteiger partial charge in [-0.3, -0.25) is 9.59 Å². The summed E-state index contributed by atoms with van der Waals surface area (Å²) in [6.07, 6.45) is 5.47. The van der Waals surface area contributed by atoms with Gasteiger partial charge in [-0.25, -0.2) is 0 Å². The van der Waals surface area contributed by atoms with Gasteiger partial charge in [0.15, 0.2) is 0 Å². The Morgan fingerprint density at radius 3 is 2.52 bits per heavy atom. The van der Waals surface area contributed by atoms with Gasteiger partial charge in [0.05, 0.1) is 5.41 Å². The zero-order valence-electron chi connectivity index (χ0n) is 14.3. The van der Waals surface area contributed by atoms with Gasteiger partial charge in [0.25, 0.3) is 5.56 Å². The molecule has 1 aliphatic carbocycles. The average Bonchev–Trinajstić information content (AvgIpc) is 2.56. The highest BCUT2D eigenvalue weighted by Crippen LogP contribution is 2.46. The quantitative estimate of drug-likeness (QED) is 0.830. The minimum absolute atomic E-state index is 0.00940. The summed E-state index contributed by atoms with van der Waals surface area (Å²) in [6.45, 7) is 1.26. The zero-order chi connectivity index (χ0) is 17.6. The second kappa shape index (κ2) is 6.03. The van der Waals surface area contributed by atoms with E-state index in [0.29, 0.717) is 18.1 Å². The molecular weight excluding hydrogens is 336 g/mol. The summed E-state index contributed by atoms with van der Waals surface area (Å²) in [5.41, 5.74) is 2.83. The first kappa shape index (κ1) is 16.4. The number of halogens is 1. The fourth-order valence-corrected chi connectivity index (χ4v) is 4.17. The van der Waals surface area contributed by atoms with E-state index in [4.69, 9.17) is 11.6 Å². The van der Waals surface area contributed by atoms with E-state index in [1.54, 1.807) is 17.7 Å². The van der Waals surface area contributed by atoms with Crippen molar-refractivity contribution in [3.8, 4) is 0 Å². The maximum atomic E-state index is 13.4. The molecule has 0 unspecified atom stereocenters. The van der Waals surface area contributed by atoms with Crippen molar-refractivity contribution in [2.45, 2.75) is 37.6 Å². The molecule has 4 rings (SSSR count). The summed E-state index contributed by atoms with van der Waals surface area (Å²) in [7, 11) is 1.75. The van der Waals surface area contributed by atoms with Crippen LogP contribution in [-0.4, -0.2) is 21.9 Å². The maximum Gasteiger partial charge on any atom is 0.250 e. The molecule has 1 fully saturated rings. The van der Waals surface area contributed by atoms with Crippen LogP contribution in [0.1, 0.15) is 36.0 Å². The van der Waals surface area contributed by atoms with Gasteiger partial charge in [0.2, 0.25) is 5.91 Å². The molecule has 2 aromatic rings. The molecule has 0 saturated heterocycles. The predicted molar refractivity (Wildman–Crippen MR) is 97.8 cm³/mol. The van der Waals surface area contributed by atoms with Crippen LogP contribution in [0, 0.1) is 0 Å². The largest absolute Gasteiger partial charge is 0.337 e. The molecule has 0 N–H and O–H groups in total. The molecule has 1 aromatic heterocycles. The van der Waals surface area contributed by atoms with Crippen LogP contribution < -0.4 is 5.56 Å². The lowest BCUT2D eigenvalue weighted by molar-refractivity contribution is -0.142. The normalized spacial score (nSPS) is 18.4. The number of rotatable bonds is 2. The monoisotopic (exact) mass is 356 g/mol. The van der Waals surface area contributed by atoms with Crippen LogP contribution in [0.5, 0.6) is 0 Å². The number of fused-ring (bicyclic) bond motifs is 1. The first-order valence-electron chi connectivity index (χ1n) is 8.73. The van der Waals surface area contributed by atoms with Crippen molar-refractivity contribution >= 4 is 17.5 Å². The lowest BCUT2D eigenvalue weighted by atomic mass is 9.63. The van der Waals surface area contributed by atoms with Gasteiger partial charge in [-0.2, -0.15) is 0 Å². The van der Waals surface area contributed by atoms with Gasteiger partial charge < -0.3 is 9.47 Å². The Hall–Kier alpha value is -2.07. The molecular formula is C20H21ClN2O2. The third kappa shape index (κ3) is 2.69. The molecule has 1 saturated carbocycles. The highest BCUT2D eigenvalue weighted by molar-refractivity contribution is 6.30. The number of aryl methyl sites for hydroxylation is 1. The Morgan fingerprint density at radius 1 is 1.16 bits per heavy atom. The second-order valence-corrected chi connectivity index (χ2v) is 7.63. The van der Waals surface area contributed by atoms with Gasteiger partial charge in [-0.05, 0) is 48.1 Å². The van der Waals surface area contributed by atoms with E-state index in [-0.39, 0.29) is 11.5 Å². The van der Waals surface area contributed by atoms with Crippen molar-refractivity contribution in [3.05, 3.63) is 68.6 Å². The van der Waals surface area contributed by atoms with Crippen molar-refractivity contribution in [2.75, 3.05) is 6.54 Å². The van der Waals surface area contributed by atoms with Crippen LogP contribution in [0.4, 0.5) is 0 Å². The predicted octanol–water partition coefficient (Wildman–Crippen LogP) is 3.05. The SMILES string of the molecule is Cn1cc2c(cc1=O)CCN(C(=O)C1(c3ccc(Cl)cc3)CCC1)C2. The Kier molecular flexibility index (Phi) is 3.95. The topological polar surface area (TPSA) is 42.3 Å². The summed E-state index contributed by atoms with van der Waals surface area (Å²) in [5.74, 6) is 0.209. The third-order valence-electron chi connectivity index (χ3n) is 5.72. The van der Waals surface area contributed by atoms with E-state index in [1.807, 2.05) is 35.4 Å². The van der Waals surface area contributed by atoms with Crippen molar-refractivity contribution in [3.63, 3.8) is 0 Å². The first-order valence-corrected chi connectivity index (χ1v) is 9.11. The van der Waals surface area contributed by atoms with E-state index >= 15 is 0 Å². The van der Waals surface area contributed by atoms with Crippen LogP contribution in [0.3, 0.4) is 0 Å². The van der Waals surface area contributed by atoms with Gasteiger partial charge in [-0.15, -0.1) is 0 Å². The van der Waals surface area contributed by atoms with E-state index in [2.05, 4.69) is 0 Å². The molecule has 25 heavy (non-hydrogen) atoms. The first-order chi connectivity index (χ1) is 12.0. The number of pyridine rings is 1. The molecule has 1 aromatic carbocycles. The highest BCUT2D eigenvalue weighted by Gasteiger charge is 2.47. The molecule has 130 valence electrons. The van der Waals surface area contributed by atoms with E-state index in [9.17, 15) is 9.59 Å². The summed E-state index contributed by atoms with van der Waals surface area (Å²) < 4.78 is 1.59. The number of carbonyl (C=O) groups excluding carboxylic acids is 1. The smallest absolute Gasteiger partial charge is 0.250 e. The molecule has 2 aliphatic rings. The highest BCUT2D eigenvalue weighted by atomic mass is 35.5. The fourth-order valence-electron chi connectivity index (χ4n) is 4.04. The maximum absolute atomic E-state index is 13.4. The number of nitrogens with zero attached hydrogens (tertiary/aromatic N) is 2.